The number of ether oxygens (including phenoxy) is 1. The summed E-state index contributed by atoms with van der Waals surface area (Å²) in [7, 11) is 1.43. The Morgan fingerprint density at radius 2 is 2.50 bits per heavy atom. The second kappa shape index (κ2) is 4.42. The Morgan fingerprint density at radius 1 is 1.75 bits per heavy atom. The molecule has 1 aliphatic heterocycles. The van der Waals surface area contributed by atoms with Crippen LogP contribution in [-0.4, -0.2) is 50.2 Å². The first-order chi connectivity index (χ1) is 5.74. The van der Waals surface area contributed by atoms with Gasteiger partial charge in [0.2, 0.25) is 0 Å². The van der Waals surface area contributed by atoms with Gasteiger partial charge in [-0.05, 0) is 6.92 Å². The van der Waals surface area contributed by atoms with Gasteiger partial charge in [-0.3, -0.25) is 9.69 Å². The summed E-state index contributed by atoms with van der Waals surface area (Å²) in [5.74, 6) is -0.149. The van der Waals surface area contributed by atoms with Crippen molar-refractivity contribution < 1.29 is 9.53 Å². The Balaban J connectivity index is 2.33. The second-order valence-electron chi connectivity index (χ2n) is 3.10. The molecule has 0 aromatic carbocycles. The summed E-state index contributed by atoms with van der Waals surface area (Å²) >= 11 is 0. The van der Waals surface area contributed by atoms with Crippen LogP contribution in [0.3, 0.4) is 0 Å². The van der Waals surface area contributed by atoms with Crippen molar-refractivity contribution in [3.63, 3.8) is 0 Å². The molecular weight excluding hydrogens is 156 g/mol. The predicted molar refractivity (Wildman–Crippen MR) is 45.9 cm³/mol. The number of hydrogen-bond acceptors (Lipinski definition) is 4. The van der Waals surface area contributed by atoms with Crippen molar-refractivity contribution in [3.8, 4) is 0 Å². The van der Waals surface area contributed by atoms with Crippen LogP contribution in [0.2, 0.25) is 0 Å². The lowest BCUT2D eigenvalue weighted by atomic mass is 10.2. The molecule has 0 aliphatic carbocycles. The number of rotatable bonds is 2. The molecule has 1 aliphatic rings. The zero-order valence-electron chi connectivity index (χ0n) is 7.67. The number of carbonyl (C=O) groups is 1. The molecule has 12 heavy (non-hydrogen) atoms. The zero-order chi connectivity index (χ0) is 8.97. The fourth-order valence-corrected chi connectivity index (χ4v) is 1.35. The molecule has 1 fully saturated rings. The van der Waals surface area contributed by atoms with Gasteiger partial charge in [-0.2, -0.15) is 0 Å². The number of carbonyl (C=O) groups excluding carboxylic acids is 1. The molecule has 0 unspecified atom stereocenters. The zero-order valence-corrected chi connectivity index (χ0v) is 7.67. The lowest BCUT2D eigenvalue weighted by Crippen LogP contribution is -2.51. The van der Waals surface area contributed by atoms with Crippen LogP contribution in [0.25, 0.3) is 0 Å². The molecule has 0 aromatic rings. The van der Waals surface area contributed by atoms with Crippen molar-refractivity contribution in [1.29, 1.82) is 0 Å². The third-order valence-electron chi connectivity index (χ3n) is 2.20. The van der Waals surface area contributed by atoms with Crippen LogP contribution in [0.15, 0.2) is 0 Å². The first kappa shape index (κ1) is 9.48. The second-order valence-corrected chi connectivity index (χ2v) is 3.10. The first-order valence-corrected chi connectivity index (χ1v) is 4.25. The normalized spacial score (nSPS) is 25.3. The Bertz CT molecular complexity index is 161. The smallest absolute Gasteiger partial charge is 0.319 e. The lowest BCUT2D eigenvalue weighted by molar-refractivity contribution is -0.142. The molecule has 0 aromatic heterocycles. The van der Waals surface area contributed by atoms with Crippen molar-refractivity contribution in [1.82, 2.24) is 10.2 Å². The van der Waals surface area contributed by atoms with Crippen LogP contribution in [0.4, 0.5) is 0 Å². The molecule has 4 nitrogen and oxygen atoms in total. The van der Waals surface area contributed by atoms with Gasteiger partial charge in [0, 0.05) is 25.7 Å². The molecule has 0 spiro atoms. The molecule has 1 rings (SSSR count). The monoisotopic (exact) mass is 172 g/mol. The van der Waals surface area contributed by atoms with Gasteiger partial charge < -0.3 is 10.1 Å². The quantitative estimate of drug-likeness (QED) is 0.568. The Kier molecular flexibility index (Phi) is 3.49. The van der Waals surface area contributed by atoms with Gasteiger partial charge in [0.05, 0.1) is 13.7 Å². The van der Waals surface area contributed by atoms with Crippen LogP contribution >= 0.6 is 0 Å². The minimum Gasteiger partial charge on any atom is -0.468 e. The third kappa shape index (κ3) is 2.46. The van der Waals surface area contributed by atoms with Crippen molar-refractivity contribution >= 4 is 5.97 Å². The fourth-order valence-electron chi connectivity index (χ4n) is 1.35. The van der Waals surface area contributed by atoms with Gasteiger partial charge in [-0.25, -0.2) is 0 Å². The minimum absolute atomic E-state index is 0.149. The van der Waals surface area contributed by atoms with E-state index in [1.807, 2.05) is 0 Å². The molecule has 0 radical (unpaired) electrons. The number of methoxy groups -OCH3 is 1. The van der Waals surface area contributed by atoms with E-state index in [-0.39, 0.29) is 5.97 Å². The van der Waals surface area contributed by atoms with Crippen molar-refractivity contribution in [2.75, 3.05) is 33.3 Å². The lowest BCUT2D eigenvalue weighted by Gasteiger charge is -2.32. The van der Waals surface area contributed by atoms with E-state index in [0.29, 0.717) is 12.6 Å². The molecule has 70 valence electrons. The summed E-state index contributed by atoms with van der Waals surface area (Å²) < 4.78 is 4.60. The highest BCUT2D eigenvalue weighted by atomic mass is 16.5. The van der Waals surface area contributed by atoms with Crippen molar-refractivity contribution in [2.45, 2.75) is 13.0 Å². The summed E-state index contributed by atoms with van der Waals surface area (Å²) in [6, 6.07) is 0.429. The summed E-state index contributed by atoms with van der Waals surface area (Å²) in [6.45, 7) is 5.36. The Labute approximate surface area is 72.9 Å². The average Bonchev–Trinajstić information content (AvgIpc) is 2.09. The van der Waals surface area contributed by atoms with Gasteiger partial charge in [0.25, 0.3) is 0 Å². The van der Waals surface area contributed by atoms with E-state index in [2.05, 4.69) is 21.9 Å². The van der Waals surface area contributed by atoms with Crippen LogP contribution in [-0.2, 0) is 9.53 Å². The van der Waals surface area contributed by atoms with Gasteiger partial charge in [-0.15, -0.1) is 0 Å². The largest absolute Gasteiger partial charge is 0.468 e. The topological polar surface area (TPSA) is 41.6 Å². The van der Waals surface area contributed by atoms with E-state index < -0.39 is 0 Å². The molecule has 0 bridgehead atoms. The summed E-state index contributed by atoms with van der Waals surface area (Å²) in [5, 5.41) is 3.26. The summed E-state index contributed by atoms with van der Waals surface area (Å²) in [5.41, 5.74) is 0. The third-order valence-corrected chi connectivity index (χ3v) is 2.20. The van der Waals surface area contributed by atoms with Crippen molar-refractivity contribution in [3.05, 3.63) is 0 Å². The van der Waals surface area contributed by atoms with E-state index in [0.717, 1.165) is 19.6 Å². The van der Waals surface area contributed by atoms with E-state index in [9.17, 15) is 4.79 Å². The van der Waals surface area contributed by atoms with Gasteiger partial charge in [0.1, 0.15) is 0 Å². The van der Waals surface area contributed by atoms with E-state index in [1.165, 1.54) is 7.11 Å². The highest BCUT2D eigenvalue weighted by Crippen LogP contribution is 2.01. The first-order valence-electron chi connectivity index (χ1n) is 4.25. The fraction of sp³-hybridized carbons (Fsp3) is 0.875. The number of hydrogen-bond donors (Lipinski definition) is 1. The number of nitrogens with zero attached hydrogens (tertiary/aromatic N) is 1. The predicted octanol–water partition coefficient (Wildman–Crippen LogP) is -0.547. The number of piperazine rings is 1. The molecule has 0 saturated carbocycles. The van der Waals surface area contributed by atoms with Crippen LogP contribution in [0.5, 0.6) is 0 Å². The maximum Gasteiger partial charge on any atom is 0.319 e. The minimum atomic E-state index is -0.149. The number of esters is 1. The molecule has 1 saturated heterocycles. The summed E-state index contributed by atoms with van der Waals surface area (Å²) in [6.07, 6.45) is 0. The average molecular weight is 172 g/mol. The van der Waals surface area contributed by atoms with Crippen LogP contribution < -0.4 is 5.32 Å². The maximum atomic E-state index is 10.9. The molecule has 1 atom stereocenters. The SMILES string of the molecule is COC(=O)CN1CCNC[C@H]1C. The standard InChI is InChI=1S/C8H16N2O2/c1-7-5-9-3-4-10(7)6-8(11)12-2/h7,9H,3-6H2,1-2H3/t7-/m1/s1. The molecule has 1 heterocycles. The molecule has 1 N–H and O–H groups in total. The Hall–Kier alpha value is -0.610. The van der Waals surface area contributed by atoms with Gasteiger partial charge >= 0.3 is 5.97 Å². The van der Waals surface area contributed by atoms with Crippen molar-refractivity contribution in [2.24, 2.45) is 0 Å². The van der Waals surface area contributed by atoms with E-state index in [1.54, 1.807) is 0 Å². The number of nitrogens with one attached hydrogen (secondary N) is 1. The summed E-state index contributed by atoms with van der Waals surface area (Å²) in [4.78, 5) is 13.1. The molecule has 4 heteroatoms. The molecular formula is C8H16N2O2. The van der Waals surface area contributed by atoms with Crippen LogP contribution in [0.1, 0.15) is 6.92 Å². The maximum absolute atomic E-state index is 10.9. The molecule has 0 amide bonds. The van der Waals surface area contributed by atoms with Gasteiger partial charge in [-0.1, -0.05) is 0 Å². The highest BCUT2D eigenvalue weighted by molar-refractivity contribution is 5.71. The van der Waals surface area contributed by atoms with E-state index in [4.69, 9.17) is 0 Å². The highest BCUT2D eigenvalue weighted by Gasteiger charge is 2.19. The Morgan fingerprint density at radius 3 is 3.08 bits per heavy atom. The van der Waals surface area contributed by atoms with Gasteiger partial charge in [0.15, 0.2) is 0 Å². The van der Waals surface area contributed by atoms with E-state index >= 15 is 0 Å². The van der Waals surface area contributed by atoms with Crippen LogP contribution in [0, 0.1) is 0 Å².